The van der Waals surface area contributed by atoms with Crippen molar-refractivity contribution in [3.63, 3.8) is 0 Å². The number of aromatic nitrogens is 5. The molecule has 2 aromatic heterocycles. The molecule has 0 aliphatic heterocycles. The maximum atomic E-state index is 10.4. The van der Waals surface area contributed by atoms with Crippen molar-refractivity contribution >= 4 is 5.97 Å². The minimum atomic E-state index is -0.751. The summed E-state index contributed by atoms with van der Waals surface area (Å²) in [5, 5.41) is 21.2. The summed E-state index contributed by atoms with van der Waals surface area (Å²) in [4.78, 5) is 10.4. The number of rotatable bonds is 8. The van der Waals surface area contributed by atoms with E-state index in [1.54, 1.807) is 4.68 Å². The van der Waals surface area contributed by atoms with Gasteiger partial charge < -0.3 is 5.11 Å². The number of carboxylic acids is 1. The fraction of sp³-hybridized carbons (Fsp3) is 0.571. The lowest BCUT2D eigenvalue weighted by atomic mass is 10.1. The van der Waals surface area contributed by atoms with E-state index in [0.29, 0.717) is 19.0 Å². The highest BCUT2D eigenvalue weighted by Gasteiger charge is 2.06. The van der Waals surface area contributed by atoms with Gasteiger partial charge in [-0.2, -0.15) is 5.10 Å². The standard InChI is InChI=1S/C14H21N5O2/c1-11(2)19-8-7-13(16-19)10-18-9-12(15-17-18)5-3-4-6-14(20)21/h7-9,11H,3-6,10H2,1-2H3,(H,20,21). The molecule has 2 rings (SSSR count). The first-order chi connectivity index (χ1) is 10.0. The van der Waals surface area contributed by atoms with E-state index >= 15 is 0 Å². The van der Waals surface area contributed by atoms with Crippen molar-refractivity contribution in [1.29, 1.82) is 0 Å². The normalized spacial score (nSPS) is 11.2. The van der Waals surface area contributed by atoms with Crippen molar-refractivity contribution < 1.29 is 9.90 Å². The Kier molecular flexibility index (Phi) is 5.08. The third-order valence-corrected chi connectivity index (χ3v) is 3.18. The Morgan fingerprint density at radius 3 is 2.81 bits per heavy atom. The van der Waals surface area contributed by atoms with Crippen LogP contribution >= 0.6 is 0 Å². The zero-order chi connectivity index (χ0) is 15.2. The highest BCUT2D eigenvalue weighted by Crippen LogP contribution is 2.07. The fourth-order valence-electron chi connectivity index (χ4n) is 2.03. The second-order valence-corrected chi connectivity index (χ2v) is 5.39. The predicted octanol–water partition coefficient (Wildman–Crippen LogP) is 1.90. The van der Waals surface area contributed by atoms with Crippen LogP contribution in [-0.4, -0.2) is 35.9 Å². The molecule has 21 heavy (non-hydrogen) atoms. The van der Waals surface area contributed by atoms with E-state index in [-0.39, 0.29) is 6.42 Å². The van der Waals surface area contributed by atoms with Crippen LogP contribution in [0.3, 0.4) is 0 Å². The largest absolute Gasteiger partial charge is 0.481 e. The Labute approximate surface area is 123 Å². The molecule has 0 aromatic carbocycles. The lowest BCUT2D eigenvalue weighted by Crippen LogP contribution is -2.05. The highest BCUT2D eigenvalue weighted by atomic mass is 16.4. The molecule has 0 aliphatic carbocycles. The van der Waals surface area contributed by atoms with Crippen molar-refractivity contribution in [1.82, 2.24) is 24.8 Å². The maximum Gasteiger partial charge on any atom is 0.303 e. The Balaban J connectivity index is 1.83. The van der Waals surface area contributed by atoms with E-state index in [9.17, 15) is 4.79 Å². The molecule has 0 saturated carbocycles. The highest BCUT2D eigenvalue weighted by molar-refractivity contribution is 5.66. The second kappa shape index (κ2) is 7.01. The third-order valence-electron chi connectivity index (χ3n) is 3.18. The number of unbranched alkanes of at least 4 members (excludes halogenated alkanes) is 1. The van der Waals surface area contributed by atoms with Crippen molar-refractivity contribution in [3.8, 4) is 0 Å². The molecule has 0 unspecified atom stereocenters. The number of hydrogen-bond acceptors (Lipinski definition) is 4. The van der Waals surface area contributed by atoms with Crippen LogP contribution in [0.1, 0.15) is 50.5 Å². The maximum absolute atomic E-state index is 10.4. The first kappa shape index (κ1) is 15.2. The summed E-state index contributed by atoms with van der Waals surface area (Å²) in [7, 11) is 0. The van der Waals surface area contributed by atoms with Crippen LogP contribution in [0.2, 0.25) is 0 Å². The Bertz CT molecular complexity index is 588. The molecule has 0 saturated heterocycles. The van der Waals surface area contributed by atoms with Gasteiger partial charge in [0.15, 0.2) is 0 Å². The summed E-state index contributed by atoms with van der Waals surface area (Å²) in [5.41, 5.74) is 1.84. The molecule has 0 fully saturated rings. The Morgan fingerprint density at radius 2 is 2.14 bits per heavy atom. The SMILES string of the molecule is CC(C)n1ccc(Cn2cc(CCCCC(=O)O)nn2)n1. The van der Waals surface area contributed by atoms with Crippen LogP contribution in [0, 0.1) is 0 Å². The summed E-state index contributed by atoms with van der Waals surface area (Å²) in [5.74, 6) is -0.751. The minimum absolute atomic E-state index is 0.209. The average Bonchev–Trinajstić information content (AvgIpc) is 3.04. The van der Waals surface area contributed by atoms with E-state index in [4.69, 9.17) is 5.11 Å². The zero-order valence-corrected chi connectivity index (χ0v) is 12.4. The molecule has 0 atom stereocenters. The molecule has 0 spiro atoms. The van der Waals surface area contributed by atoms with E-state index in [1.807, 2.05) is 23.1 Å². The van der Waals surface area contributed by atoms with Gasteiger partial charge in [0.1, 0.15) is 0 Å². The van der Waals surface area contributed by atoms with Crippen LogP contribution in [0.15, 0.2) is 18.5 Å². The van der Waals surface area contributed by atoms with Gasteiger partial charge in [-0.15, -0.1) is 5.10 Å². The minimum Gasteiger partial charge on any atom is -0.481 e. The molecule has 114 valence electrons. The molecular formula is C14H21N5O2. The average molecular weight is 291 g/mol. The molecule has 1 N–H and O–H groups in total. The number of nitrogens with zero attached hydrogens (tertiary/aromatic N) is 5. The van der Waals surface area contributed by atoms with Gasteiger partial charge in [-0.25, -0.2) is 4.68 Å². The summed E-state index contributed by atoms with van der Waals surface area (Å²) in [6.45, 7) is 4.77. The Hall–Kier alpha value is -2.18. The van der Waals surface area contributed by atoms with E-state index in [1.165, 1.54) is 0 Å². The summed E-state index contributed by atoms with van der Waals surface area (Å²) in [6.07, 6.45) is 6.31. The molecule has 7 heteroatoms. The van der Waals surface area contributed by atoms with E-state index in [0.717, 1.165) is 24.2 Å². The first-order valence-electron chi connectivity index (χ1n) is 7.19. The number of aryl methyl sites for hydroxylation is 1. The topological polar surface area (TPSA) is 85.8 Å². The molecule has 0 amide bonds. The number of aliphatic carboxylic acids is 1. The summed E-state index contributed by atoms with van der Waals surface area (Å²) < 4.78 is 3.68. The van der Waals surface area contributed by atoms with Crippen molar-refractivity contribution in [2.75, 3.05) is 0 Å². The summed E-state index contributed by atoms with van der Waals surface area (Å²) in [6, 6.07) is 2.33. The van der Waals surface area contributed by atoms with Crippen LogP contribution in [0.25, 0.3) is 0 Å². The molecule has 0 radical (unpaired) electrons. The van der Waals surface area contributed by atoms with Gasteiger partial charge in [-0.3, -0.25) is 9.48 Å². The van der Waals surface area contributed by atoms with Crippen molar-refractivity contribution in [2.45, 2.75) is 52.1 Å². The van der Waals surface area contributed by atoms with Crippen LogP contribution in [0.5, 0.6) is 0 Å². The van der Waals surface area contributed by atoms with Gasteiger partial charge >= 0.3 is 5.97 Å². The molecule has 2 heterocycles. The second-order valence-electron chi connectivity index (χ2n) is 5.39. The van der Waals surface area contributed by atoms with Gasteiger partial charge in [-0.1, -0.05) is 5.21 Å². The van der Waals surface area contributed by atoms with Crippen LogP contribution in [0.4, 0.5) is 0 Å². The molecular weight excluding hydrogens is 270 g/mol. The summed E-state index contributed by atoms with van der Waals surface area (Å²) >= 11 is 0. The van der Waals surface area contributed by atoms with Crippen molar-refractivity contribution in [3.05, 3.63) is 29.8 Å². The molecule has 0 aliphatic rings. The first-order valence-corrected chi connectivity index (χ1v) is 7.19. The molecule has 0 bridgehead atoms. The lowest BCUT2D eigenvalue weighted by Gasteiger charge is -2.03. The van der Waals surface area contributed by atoms with Crippen LogP contribution < -0.4 is 0 Å². The molecule has 7 nitrogen and oxygen atoms in total. The number of carbonyl (C=O) groups is 1. The van der Waals surface area contributed by atoms with E-state index in [2.05, 4.69) is 29.3 Å². The lowest BCUT2D eigenvalue weighted by molar-refractivity contribution is -0.137. The van der Waals surface area contributed by atoms with Gasteiger partial charge in [-0.05, 0) is 39.2 Å². The van der Waals surface area contributed by atoms with Crippen LogP contribution in [-0.2, 0) is 17.8 Å². The monoisotopic (exact) mass is 291 g/mol. The smallest absolute Gasteiger partial charge is 0.303 e. The fourth-order valence-corrected chi connectivity index (χ4v) is 2.03. The zero-order valence-electron chi connectivity index (χ0n) is 12.4. The van der Waals surface area contributed by atoms with Gasteiger partial charge in [0.2, 0.25) is 0 Å². The quantitative estimate of drug-likeness (QED) is 0.751. The third kappa shape index (κ3) is 4.70. The number of hydrogen-bond donors (Lipinski definition) is 1. The van der Waals surface area contributed by atoms with Gasteiger partial charge in [0.25, 0.3) is 0 Å². The predicted molar refractivity (Wildman–Crippen MR) is 76.9 cm³/mol. The molecule has 2 aromatic rings. The van der Waals surface area contributed by atoms with Gasteiger partial charge in [0.05, 0.1) is 17.9 Å². The van der Waals surface area contributed by atoms with Gasteiger partial charge in [0, 0.05) is 24.9 Å². The van der Waals surface area contributed by atoms with E-state index < -0.39 is 5.97 Å². The Morgan fingerprint density at radius 1 is 1.33 bits per heavy atom. The number of carboxylic acid groups (broad SMARTS) is 1. The van der Waals surface area contributed by atoms with Crippen molar-refractivity contribution in [2.24, 2.45) is 0 Å².